The highest BCUT2D eigenvalue weighted by Crippen LogP contribution is 2.06. The molecule has 0 spiro atoms. The minimum Gasteiger partial charge on any atom is -0.480 e. The van der Waals surface area contributed by atoms with E-state index in [4.69, 9.17) is 15.3 Å². The van der Waals surface area contributed by atoms with Gasteiger partial charge in [-0.15, -0.1) is 0 Å². The van der Waals surface area contributed by atoms with E-state index in [2.05, 4.69) is 6.58 Å². The van der Waals surface area contributed by atoms with Gasteiger partial charge in [0.25, 0.3) is 0 Å². The molecule has 1 aliphatic heterocycles. The van der Waals surface area contributed by atoms with E-state index in [9.17, 15) is 14.4 Å². The Morgan fingerprint density at radius 2 is 1.14 bits per heavy atom. The lowest BCUT2D eigenvalue weighted by molar-refractivity contribution is -0.140. The van der Waals surface area contributed by atoms with Crippen molar-refractivity contribution in [3.63, 3.8) is 0 Å². The molecule has 1 fully saturated rings. The molecule has 22 heavy (non-hydrogen) atoms. The Morgan fingerprint density at radius 3 is 1.45 bits per heavy atom. The third-order valence-electron chi connectivity index (χ3n) is 3.45. The van der Waals surface area contributed by atoms with Gasteiger partial charge in [0.2, 0.25) is 0 Å². The number of hydrogen-bond acceptors (Lipinski definition) is 6. The van der Waals surface area contributed by atoms with Gasteiger partial charge >= 0.3 is 17.9 Å². The van der Waals surface area contributed by atoms with E-state index in [1.54, 1.807) is 9.80 Å². The van der Waals surface area contributed by atoms with Gasteiger partial charge in [0.1, 0.15) is 5.70 Å². The summed E-state index contributed by atoms with van der Waals surface area (Å²) >= 11 is 0. The second-order valence-electron chi connectivity index (χ2n) is 5.08. The van der Waals surface area contributed by atoms with Crippen LogP contribution in [0.2, 0.25) is 0 Å². The number of carboxylic acids is 3. The molecule has 0 aromatic heterocycles. The average Bonchev–Trinajstić information content (AvgIpc) is 2.49. The van der Waals surface area contributed by atoms with Crippen LogP contribution < -0.4 is 0 Å². The van der Waals surface area contributed by atoms with Crippen LogP contribution in [-0.4, -0.2) is 100 Å². The van der Waals surface area contributed by atoms with Gasteiger partial charge in [0, 0.05) is 39.3 Å². The fraction of sp³-hybridized carbons (Fsp3) is 0.615. The topological polar surface area (TPSA) is 122 Å². The summed E-state index contributed by atoms with van der Waals surface area (Å²) < 4.78 is 0. The van der Waals surface area contributed by atoms with Crippen molar-refractivity contribution in [3.8, 4) is 0 Å². The Balaban J connectivity index is 2.80. The van der Waals surface area contributed by atoms with Crippen LogP contribution in [0.5, 0.6) is 0 Å². The van der Waals surface area contributed by atoms with Crippen LogP contribution in [-0.2, 0) is 14.4 Å². The standard InChI is InChI=1S/C13H21N3O6/c1-10(13(21)22)16-6-4-14(8-11(17)18)2-3-15(5-7-16)9-12(19)20/h1-9H2,(H,17,18)(H,19,20)(H,21,22). The first-order valence-corrected chi connectivity index (χ1v) is 6.85. The predicted molar refractivity (Wildman–Crippen MR) is 76.5 cm³/mol. The molecule has 0 radical (unpaired) electrons. The maximum Gasteiger partial charge on any atom is 0.351 e. The van der Waals surface area contributed by atoms with Crippen molar-refractivity contribution in [2.45, 2.75) is 0 Å². The zero-order valence-corrected chi connectivity index (χ0v) is 12.3. The van der Waals surface area contributed by atoms with Crippen molar-refractivity contribution in [1.29, 1.82) is 0 Å². The molecule has 1 heterocycles. The van der Waals surface area contributed by atoms with E-state index in [0.29, 0.717) is 39.3 Å². The predicted octanol–water partition coefficient (Wildman–Crippen LogP) is -1.33. The zero-order valence-electron chi connectivity index (χ0n) is 12.3. The van der Waals surface area contributed by atoms with Gasteiger partial charge < -0.3 is 20.2 Å². The van der Waals surface area contributed by atoms with Gasteiger partial charge in [0.05, 0.1) is 13.1 Å². The lowest BCUT2D eigenvalue weighted by Gasteiger charge is -2.26. The SMILES string of the molecule is C=C(C(=O)O)N1CCN(CC(=O)O)CCN(CC(=O)O)CC1. The van der Waals surface area contributed by atoms with Crippen molar-refractivity contribution in [2.24, 2.45) is 0 Å². The van der Waals surface area contributed by atoms with Crippen molar-refractivity contribution < 1.29 is 29.7 Å². The Kier molecular flexibility index (Phi) is 6.80. The number of hydrogen-bond donors (Lipinski definition) is 3. The fourth-order valence-electron chi connectivity index (χ4n) is 2.25. The summed E-state index contributed by atoms with van der Waals surface area (Å²) in [6, 6.07) is 0. The Bertz CT molecular complexity index is 425. The third-order valence-corrected chi connectivity index (χ3v) is 3.45. The molecule has 0 atom stereocenters. The molecule has 0 bridgehead atoms. The normalized spacial score (nSPS) is 18.1. The first-order valence-electron chi connectivity index (χ1n) is 6.85. The molecule has 0 unspecified atom stereocenters. The van der Waals surface area contributed by atoms with Gasteiger partial charge in [-0.25, -0.2) is 4.79 Å². The molecule has 1 saturated heterocycles. The number of rotatable bonds is 6. The van der Waals surface area contributed by atoms with Gasteiger partial charge in [-0.05, 0) is 0 Å². The van der Waals surface area contributed by atoms with E-state index >= 15 is 0 Å². The first-order chi connectivity index (χ1) is 10.3. The largest absolute Gasteiger partial charge is 0.480 e. The zero-order chi connectivity index (χ0) is 16.7. The van der Waals surface area contributed by atoms with Crippen LogP contribution in [0.1, 0.15) is 0 Å². The van der Waals surface area contributed by atoms with E-state index in [-0.39, 0.29) is 18.8 Å². The van der Waals surface area contributed by atoms with E-state index in [0.717, 1.165) is 0 Å². The molecule has 0 saturated carbocycles. The highest BCUT2D eigenvalue weighted by molar-refractivity contribution is 5.85. The molecule has 0 aliphatic carbocycles. The number of carboxylic acid groups (broad SMARTS) is 3. The van der Waals surface area contributed by atoms with Gasteiger partial charge in [-0.3, -0.25) is 19.4 Å². The summed E-state index contributed by atoms with van der Waals surface area (Å²) in [7, 11) is 0. The Labute approximate surface area is 128 Å². The number of aliphatic carboxylic acids is 3. The summed E-state index contributed by atoms with van der Waals surface area (Å²) in [5, 5.41) is 26.8. The minimum atomic E-state index is -1.14. The quantitative estimate of drug-likeness (QED) is 0.512. The molecule has 9 heteroatoms. The first kappa shape index (κ1) is 17.9. The monoisotopic (exact) mass is 315 g/mol. The summed E-state index contributed by atoms with van der Waals surface area (Å²) in [6.45, 7) is 5.40. The molecule has 9 nitrogen and oxygen atoms in total. The second-order valence-corrected chi connectivity index (χ2v) is 5.08. The Hall–Kier alpha value is -2.13. The van der Waals surface area contributed by atoms with Gasteiger partial charge in [0.15, 0.2) is 0 Å². The molecular formula is C13H21N3O6. The highest BCUT2D eigenvalue weighted by Gasteiger charge is 2.21. The van der Waals surface area contributed by atoms with Gasteiger partial charge in [-0.1, -0.05) is 6.58 Å². The summed E-state index contributed by atoms with van der Waals surface area (Å²) in [5.74, 6) is -3.10. The van der Waals surface area contributed by atoms with Crippen molar-refractivity contribution in [3.05, 3.63) is 12.3 Å². The molecule has 3 N–H and O–H groups in total. The molecular weight excluding hydrogens is 294 g/mol. The summed E-state index contributed by atoms with van der Waals surface area (Å²) in [5.41, 5.74) is -0.0764. The maximum absolute atomic E-state index is 11.0. The molecule has 1 rings (SSSR count). The maximum atomic E-state index is 11.0. The minimum absolute atomic E-state index is 0.0764. The van der Waals surface area contributed by atoms with E-state index < -0.39 is 17.9 Å². The summed E-state index contributed by atoms with van der Waals surface area (Å²) in [4.78, 5) is 37.6. The average molecular weight is 315 g/mol. The van der Waals surface area contributed by atoms with Crippen LogP contribution >= 0.6 is 0 Å². The lowest BCUT2D eigenvalue weighted by atomic mass is 10.3. The second kappa shape index (κ2) is 8.35. The van der Waals surface area contributed by atoms with Crippen LogP contribution in [0.3, 0.4) is 0 Å². The molecule has 0 aromatic carbocycles. The summed E-state index contributed by atoms with van der Waals surface area (Å²) in [6.07, 6.45) is 0. The fourth-order valence-corrected chi connectivity index (χ4v) is 2.25. The third kappa shape index (κ3) is 6.10. The van der Waals surface area contributed by atoms with E-state index in [1.165, 1.54) is 4.90 Å². The van der Waals surface area contributed by atoms with Crippen LogP contribution in [0, 0.1) is 0 Å². The van der Waals surface area contributed by atoms with Crippen molar-refractivity contribution in [1.82, 2.24) is 14.7 Å². The van der Waals surface area contributed by atoms with Crippen molar-refractivity contribution in [2.75, 3.05) is 52.4 Å². The smallest absolute Gasteiger partial charge is 0.351 e. The Morgan fingerprint density at radius 1 is 0.773 bits per heavy atom. The van der Waals surface area contributed by atoms with Crippen LogP contribution in [0.4, 0.5) is 0 Å². The van der Waals surface area contributed by atoms with Crippen LogP contribution in [0.25, 0.3) is 0 Å². The molecule has 0 amide bonds. The highest BCUT2D eigenvalue weighted by atomic mass is 16.4. The lowest BCUT2D eigenvalue weighted by Crippen LogP contribution is -2.40. The van der Waals surface area contributed by atoms with Gasteiger partial charge in [-0.2, -0.15) is 0 Å². The van der Waals surface area contributed by atoms with E-state index in [1.807, 2.05) is 0 Å². The molecule has 0 aromatic rings. The van der Waals surface area contributed by atoms with Crippen molar-refractivity contribution >= 4 is 17.9 Å². The molecule has 124 valence electrons. The molecule has 1 aliphatic rings. The van der Waals surface area contributed by atoms with Crippen LogP contribution in [0.15, 0.2) is 12.3 Å². The number of nitrogens with zero attached hydrogens (tertiary/aromatic N) is 3. The number of carbonyl (C=O) groups is 3.